The van der Waals surface area contributed by atoms with Crippen molar-refractivity contribution in [1.82, 2.24) is 4.90 Å². The van der Waals surface area contributed by atoms with Crippen LogP contribution in [-0.2, 0) is 4.79 Å². The van der Waals surface area contributed by atoms with Crippen LogP contribution in [0.1, 0.15) is 18.9 Å². The van der Waals surface area contributed by atoms with Gasteiger partial charge in [0.25, 0.3) is 0 Å². The average molecular weight is 279 g/mol. The Hall–Kier alpha value is -1.46. The van der Waals surface area contributed by atoms with Crippen LogP contribution in [0.25, 0.3) is 0 Å². The van der Waals surface area contributed by atoms with Gasteiger partial charge in [0.05, 0.1) is 6.54 Å². The molecule has 0 spiro atoms. The van der Waals surface area contributed by atoms with Gasteiger partial charge >= 0.3 is 0 Å². The first kappa shape index (κ1) is 14.9. The summed E-state index contributed by atoms with van der Waals surface area (Å²) in [7, 11) is 0. The third-order valence-corrected chi connectivity index (χ3v) is 3.89. The average Bonchev–Trinajstić information content (AvgIpc) is 2.82. The fraction of sp³-hybridized carbons (Fsp3) is 0.533. The lowest BCUT2D eigenvalue weighted by molar-refractivity contribution is -0.117. The molecule has 1 aromatic rings. The number of benzene rings is 1. The van der Waals surface area contributed by atoms with Gasteiger partial charge in [-0.25, -0.2) is 4.39 Å². The van der Waals surface area contributed by atoms with Crippen molar-refractivity contribution in [3.8, 4) is 0 Å². The van der Waals surface area contributed by atoms with Crippen LogP contribution in [0.15, 0.2) is 18.2 Å². The first-order valence-corrected chi connectivity index (χ1v) is 6.99. The van der Waals surface area contributed by atoms with Crippen LogP contribution in [0.2, 0.25) is 0 Å². The zero-order chi connectivity index (χ0) is 14.7. The quantitative estimate of drug-likeness (QED) is 0.882. The lowest BCUT2D eigenvalue weighted by atomic mass is 10.0. The van der Waals surface area contributed by atoms with E-state index in [0.29, 0.717) is 18.2 Å². The molecule has 0 saturated carbocycles. The van der Waals surface area contributed by atoms with Crippen molar-refractivity contribution in [3.63, 3.8) is 0 Å². The van der Waals surface area contributed by atoms with E-state index in [1.165, 1.54) is 12.1 Å². The van der Waals surface area contributed by atoms with Gasteiger partial charge in [-0.3, -0.25) is 9.69 Å². The maximum Gasteiger partial charge on any atom is 0.238 e. The Kier molecular flexibility index (Phi) is 4.73. The molecule has 2 rings (SSSR count). The molecule has 5 heteroatoms. The summed E-state index contributed by atoms with van der Waals surface area (Å²) < 4.78 is 13.2. The minimum Gasteiger partial charge on any atom is -0.328 e. The second kappa shape index (κ2) is 6.33. The molecule has 3 N–H and O–H groups in total. The van der Waals surface area contributed by atoms with Gasteiger partial charge in [-0.1, -0.05) is 6.07 Å². The van der Waals surface area contributed by atoms with E-state index in [-0.39, 0.29) is 17.8 Å². The molecule has 0 bridgehead atoms. The first-order chi connectivity index (χ1) is 9.45. The second-order valence-electron chi connectivity index (χ2n) is 5.65. The normalized spacial score (nSPS) is 20.9. The Labute approximate surface area is 119 Å². The summed E-state index contributed by atoms with van der Waals surface area (Å²) in [6.07, 6.45) is 1.03. The molecule has 110 valence electrons. The zero-order valence-electron chi connectivity index (χ0n) is 12.0. The van der Waals surface area contributed by atoms with E-state index in [2.05, 4.69) is 10.2 Å². The number of halogens is 1. The molecule has 1 amide bonds. The van der Waals surface area contributed by atoms with Crippen LogP contribution in [-0.4, -0.2) is 36.5 Å². The highest BCUT2D eigenvalue weighted by Gasteiger charge is 2.26. The lowest BCUT2D eigenvalue weighted by Gasteiger charge is -2.17. The third kappa shape index (κ3) is 3.77. The minimum atomic E-state index is -0.343. The second-order valence-corrected chi connectivity index (χ2v) is 5.65. The molecular formula is C15H22FN3O. The maximum atomic E-state index is 13.2. The third-order valence-electron chi connectivity index (χ3n) is 3.89. The van der Waals surface area contributed by atoms with E-state index in [1.807, 2.05) is 13.8 Å². The maximum absolute atomic E-state index is 13.2. The predicted molar refractivity (Wildman–Crippen MR) is 78.0 cm³/mol. The summed E-state index contributed by atoms with van der Waals surface area (Å²) in [6.45, 7) is 5.93. The fourth-order valence-electron chi connectivity index (χ4n) is 2.56. The number of hydrogen-bond donors (Lipinski definition) is 2. The van der Waals surface area contributed by atoms with Gasteiger partial charge in [-0.2, -0.15) is 0 Å². The number of amides is 1. The van der Waals surface area contributed by atoms with E-state index >= 15 is 0 Å². The van der Waals surface area contributed by atoms with Gasteiger partial charge in [-0.05, 0) is 50.4 Å². The van der Waals surface area contributed by atoms with Crippen LogP contribution in [0.4, 0.5) is 10.1 Å². The van der Waals surface area contributed by atoms with Crippen LogP contribution in [0.3, 0.4) is 0 Å². The van der Waals surface area contributed by atoms with E-state index in [9.17, 15) is 9.18 Å². The number of anilines is 1. The molecule has 1 aliphatic heterocycles. The Morgan fingerprint density at radius 1 is 1.60 bits per heavy atom. The van der Waals surface area contributed by atoms with Gasteiger partial charge in [0.15, 0.2) is 0 Å². The van der Waals surface area contributed by atoms with Crippen molar-refractivity contribution in [2.75, 3.05) is 25.0 Å². The number of carbonyl (C=O) groups is 1. The van der Waals surface area contributed by atoms with Gasteiger partial charge in [0, 0.05) is 18.3 Å². The van der Waals surface area contributed by atoms with E-state index in [0.717, 1.165) is 25.1 Å². The van der Waals surface area contributed by atoms with E-state index in [4.69, 9.17) is 5.73 Å². The molecule has 2 atom stereocenters. The van der Waals surface area contributed by atoms with E-state index < -0.39 is 0 Å². The SMILES string of the molecule is Cc1ccc(F)cc1NC(=O)CN1CCC(C(C)N)C1. The summed E-state index contributed by atoms with van der Waals surface area (Å²) in [5, 5.41) is 2.77. The summed E-state index contributed by atoms with van der Waals surface area (Å²) in [5.41, 5.74) is 7.28. The lowest BCUT2D eigenvalue weighted by Crippen LogP contribution is -2.34. The number of rotatable bonds is 4. The van der Waals surface area contributed by atoms with Gasteiger partial charge in [-0.15, -0.1) is 0 Å². The van der Waals surface area contributed by atoms with Crippen LogP contribution < -0.4 is 11.1 Å². The number of aryl methyl sites for hydroxylation is 1. The highest BCUT2D eigenvalue weighted by molar-refractivity contribution is 5.92. The Balaban J connectivity index is 1.88. The molecule has 1 aromatic carbocycles. The fourth-order valence-corrected chi connectivity index (χ4v) is 2.56. The van der Waals surface area contributed by atoms with Crippen molar-refractivity contribution in [3.05, 3.63) is 29.6 Å². The Morgan fingerprint density at radius 2 is 2.35 bits per heavy atom. The topological polar surface area (TPSA) is 58.4 Å². The van der Waals surface area contributed by atoms with Gasteiger partial charge < -0.3 is 11.1 Å². The first-order valence-electron chi connectivity index (χ1n) is 6.99. The Morgan fingerprint density at radius 3 is 3.00 bits per heavy atom. The number of nitrogens with one attached hydrogen (secondary N) is 1. The summed E-state index contributed by atoms with van der Waals surface area (Å²) in [4.78, 5) is 14.1. The molecule has 20 heavy (non-hydrogen) atoms. The molecule has 1 aliphatic rings. The number of nitrogens with two attached hydrogens (primary N) is 1. The van der Waals surface area contributed by atoms with Crippen molar-refractivity contribution in [2.45, 2.75) is 26.3 Å². The largest absolute Gasteiger partial charge is 0.328 e. The van der Waals surface area contributed by atoms with Gasteiger partial charge in [0.2, 0.25) is 5.91 Å². The number of hydrogen-bond acceptors (Lipinski definition) is 3. The van der Waals surface area contributed by atoms with Crippen LogP contribution in [0, 0.1) is 18.7 Å². The summed E-state index contributed by atoms with van der Waals surface area (Å²) in [5.74, 6) is 0.00632. The number of nitrogens with zero attached hydrogens (tertiary/aromatic N) is 1. The van der Waals surface area contributed by atoms with Gasteiger partial charge in [0.1, 0.15) is 5.82 Å². The van der Waals surface area contributed by atoms with Crippen LogP contribution >= 0.6 is 0 Å². The van der Waals surface area contributed by atoms with Crippen molar-refractivity contribution in [1.29, 1.82) is 0 Å². The smallest absolute Gasteiger partial charge is 0.238 e. The summed E-state index contributed by atoms with van der Waals surface area (Å²) >= 11 is 0. The van der Waals surface area contributed by atoms with Crippen molar-refractivity contribution >= 4 is 11.6 Å². The van der Waals surface area contributed by atoms with Crippen molar-refractivity contribution in [2.24, 2.45) is 11.7 Å². The monoisotopic (exact) mass is 279 g/mol. The summed E-state index contributed by atoms with van der Waals surface area (Å²) in [6, 6.07) is 4.56. The van der Waals surface area contributed by atoms with E-state index in [1.54, 1.807) is 6.07 Å². The molecule has 2 unspecified atom stereocenters. The molecule has 1 saturated heterocycles. The molecule has 1 fully saturated rings. The minimum absolute atomic E-state index is 0.107. The molecule has 1 heterocycles. The number of likely N-dealkylation sites (tertiary alicyclic amines) is 1. The molecule has 0 radical (unpaired) electrons. The standard InChI is InChI=1S/C15H22FN3O/c1-10-3-4-13(16)7-14(10)18-15(20)9-19-6-5-12(8-19)11(2)17/h3-4,7,11-12H,5-6,8-9,17H2,1-2H3,(H,18,20). The predicted octanol–water partition coefficient (Wildman–Crippen LogP) is 1.74. The molecule has 4 nitrogen and oxygen atoms in total. The highest BCUT2D eigenvalue weighted by atomic mass is 19.1. The highest BCUT2D eigenvalue weighted by Crippen LogP contribution is 2.19. The number of carbonyl (C=O) groups excluding carboxylic acids is 1. The Bertz CT molecular complexity index is 490. The molecular weight excluding hydrogens is 257 g/mol. The zero-order valence-corrected chi connectivity index (χ0v) is 12.0. The van der Waals surface area contributed by atoms with Crippen molar-refractivity contribution < 1.29 is 9.18 Å². The molecule has 0 aromatic heterocycles. The van der Waals surface area contributed by atoms with Crippen LogP contribution in [0.5, 0.6) is 0 Å². The molecule has 0 aliphatic carbocycles.